The number of piperidine rings is 1. The van der Waals surface area contributed by atoms with Crippen molar-refractivity contribution < 1.29 is 8.42 Å². The molecule has 0 spiro atoms. The fourth-order valence-electron chi connectivity index (χ4n) is 4.08. The Bertz CT molecular complexity index is 1450. The Morgan fingerprint density at radius 3 is 2.70 bits per heavy atom. The van der Waals surface area contributed by atoms with Crippen molar-refractivity contribution in [2.45, 2.75) is 30.2 Å². The molecule has 4 aromatic rings. The van der Waals surface area contributed by atoms with E-state index in [0.29, 0.717) is 13.0 Å². The van der Waals surface area contributed by atoms with Gasteiger partial charge in [0, 0.05) is 24.0 Å². The summed E-state index contributed by atoms with van der Waals surface area (Å²) in [5, 5.41) is 1.05. The Kier molecular flexibility index (Phi) is 4.33. The van der Waals surface area contributed by atoms with E-state index in [-0.39, 0.29) is 22.0 Å². The first-order chi connectivity index (χ1) is 14.4. The van der Waals surface area contributed by atoms with Gasteiger partial charge in [-0.25, -0.2) is 18.2 Å². The summed E-state index contributed by atoms with van der Waals surface area (Å²) in [5.41, 5.74) is 0.483. The van der Waals surface area contributed by atoms with E-state index in [4.69, 9.17) is 0 Å². The molecule has 0 aliphatic carbocycles. The minimum absolute atomic E-state index is 0.0230. The zero-order chi connectivity index (χ0) is 20.9. The van der Waals surface area contributed by atoms with Gasteiger partial charge >= 0.3 is 5.69 Å². The highest BCUT2D eigenvalue weighted by molar-refractivity contribution is 7.89. The van der Waals surface area contributed by atoms with Crippen LogP contribution in [0.3, 0.4) is 0 Å². The summed E-state index contributed by atoms with van der Waals surface area (Å²) >= 11 is 0. The van der Waals surface area contributed by atoms with E-state index >= 15 is 0 Å². The molecule has 5 rings (SSSR count). The van der Waals surface area contributed by atoms with Gasteiger partial charge in [0.1, 0.15) is 10.5 Å². The lowest BCUT2D eigenvalue weighted by molar-refractivity contribution is 0.252. The SMILES string of the molecule is O=c1[nH]c(=O)c2cc(S(=O)(=O)N3CCCCC3c3cc4ccccc4[nH]3)cnc2[nH]1. The smallest absolute Gasteiger partial charge is 0.327 e. The molecule has 0 bridgehead atoms. The highest BCUT2D eigenvalue weighted by Gasteiger charge is 2.35. The molecule has 10 heteroatoms. The summed E-state index contributed by atoms with van der Waals surface area (Å²) in [6, 6.07) is 10.7. The lowest BCUT2D eigenvalue weighted by atomic mass is 10.0. The molecule has 1 aromatic carbocycles. The molecule has 3 aromatic heterocycles. The molecule has 1 aliphatic rings. The molecular formula is C20H19N5O4S. The summed E-state index contributed by atoms with van der Waals surface area (Å²) in [5.74, 6) is 0. The van der Waals surface area contributed by atoms with E-state index in [1.165, 1.54) is 16.6 Å². The first kappa shape index (κ1) is 18.8. The number of hydrogen-bond donors (Lipinski definition) is 3. The van der Waals surface area contributed by atoms with E-state index < -0.39 is 21.3 Å². The highest BCUT2D eigenvalue weighted by atomic mass is 32.2. The second-order valence-electron chi connectivity index (χ2n) is 7.41. The lowest BCUT2D eigenvalue weighted by Crippen LogP contribution is -2.38. The van der Waals surface area contributed by atoms with Gasteiger partial charge in [0.05, 0.1) is 11.4 Å². The third-order valence-corrected chi connectivity index (χ3v) is 7.41. The van der Waals surface area contributed by atoms with E-state index in [9.17, 15) is 18.0 Å². The number of benzene rings is 1. The van der Waals surface area contributed by atoms with Crippen LogP contribution in [0, 0.1) is 0 Å². The highest BCUT2D eigenvalue weighted by Crippen LogP contribution is 2.36. The molecule has 4 heterocycles. The van der Waals surface area contributed by atoms with Gasteiger partial charge in [-0.15, -0.1) is 0 Å². The minimum Gasteiger partial charge on any atom is -0.357 e. The Hall–Kier alpha value is -3.24. The molecule has 1 aliphatic heterocycles. The molecule has 1 saturated heterocycles. The Morgan fingerprint density at radius 2 is 1.87 bits per heavy atom. The second-order valence-corrected chi connectivity index (χ2v) is 9.31. The van der Waals surface area contributed by atoms with Crippen LogP contribution in [0.4, 0.5) is 0 Å². The van der Waals surface area contributed by atoms with Gasteiger partial charge in [0.2, 0.25) is 10.0 Å². The van der Waals surface area contributed by atoms with Gasteiger partial charge in [-0.1, -0.05) is 24.6 Å². The fraction of sp³-hybridized carbons (Fsp3) is 0.250. The maximum Gasteiger partial charge on any atom is 0.327 e. The van der Waals surface area contributed by atoms with Crippen molar-refractivity contribution in [1.29, 1.82) is 0 Å². The fourth-order valence-corrected chi connectivity index (χ4v) is 5.73. The Balaban J connectivity index is 1.60. The van der Waals surface area contributed by atoms with Gasteiger partial charge in [0.25, 0.3) is 5.56 Å². The van der Waals surface area contributed by atoms with Crippen molar-refractivity contribution in [2.24, 2.45) is 0 Å². The number of rotatable bonds is 3. The molecule has 1 fully saturated rings. The second kappa shape index (κ2) is 6.92. The summed E-state index contributed by atoms with van der Waals surface area (Å²) < 4.78 is 28.5. The number of aromatic nitrogens is 4. The maximum atomic E-state index is 13.5. The van der Waals surface area contributed by atoms with Crippen LogP contribution in [0.5, 0.6) is 0 Å². The number of hydrogen-bond acceptors (Lipinski definition) is 5. The van der Waals surface area contributed by atoms with Gasteiger partial charge < -0.3 is 4.98 Å². The lowest BCUT2D eigenvalue weighted by Gasteiger charge is -2.34. The molecule has 0 radical (unpaired) electrons. The van der Waals surface area contributed by atoms with Crippen molar-refractivity contribution in [1.82, 2.24) is 24.2 Å². The number of H-pyrrole nitrogens is 3. The summed E-state index contributed by atoms with van der Waals surface area (Å²) in [6.07, 6.45) is 3.55. The predicted octanol–water partition coefficient (Wildman–Crippen LogP) is 2.01. The summed E-state index contributed by atoms with van der Waals surface area (Å²) in [7, 11) is -3.91. The van der Waals surface area contributed by atoms with Gasteiger partial charge in [-0.2, -0.15) is 4.31 Å². The summed E-state index contributed by atoms with van der Waals surface area (Å²) in [6.45, 7) is 0.377. The first-order valence-corrected chi connectivity index (χ1v) is 11.1. The average Bonchev–Trinajstić information content (AvgIpc) is 3.17. The maximum absolute atomic E-state index is 13.5. The van der Waals surface area contributed by atoms with Crippen LogP contribution in [-0.4, -0.2) is 39.2 Å². The molecule has 154 valence electrons. The van der Waals surface area contributed by atoms with Crippen LogP contribution < -0.4 is 11.2 Å². The Labute approximate surface area is 170 Å². The third-order valence-electron chi connectivity index (χ3n) is 5.54. The van der Waals surface area contributed by atoms with Gasteiger partial charge in [-0.05, 0) is 36.4 Å². The molecule has 30 heavy (non-hydrogen) atoms. The molecule has 9 nitrogen and oxygen atoms in total. The van der Waals surface area contributed by atoms with Gasteiger partial charge in [0.15, 0.2) is 0 Å². The number of nitrogens with one attached hydrogen (secondary N) is 3. The molecule has 3 N–H and O–H groups in total. The molecule has 1 atom stereocenters. The number of sulfonamides is 1. The van der Waals surface area contributed by atoms with Crippen molar-refractivity contribution in [3.8, 4) is 0 Å². The quantitative estimate of drug-likeness (QED) is 0.462. The first-order valence-electron chi connectivity index (χ1n) is 9.65. The standard InChI is InChI=1S/C20H19N5O4S/c26-19-14-10-13(11-21-18(14)23-20(27)24-19)30(28,29)25-8-4-3-7-17(25)16-9-12-5-1-2-6-15(12)22-16/h1-2,5-6,9-11,17,22H,3-4,7-8H2,(H2,21,23,24,26,27). The molecule has 0 amide bonds. The predicted molar refractivity (Wildman–Crippen MR) is 112 cm³/mol. The monoisotopic (exact) mass is 425 g/mol. The number of pyridine rings is 1. The topological polar surface area (TPSA) is 132 Å². The minimum atomic E-state index is -3.91. The van der Waals surface area contributed by atoms with Crippen LogP contribution in [0.25, 0.3) is 21.9 Å². The van der Waals surface area contributed by atoms with E-state index in [2.05, 4.69) is 19.9 Å². The van der Waals surface area contributed by atoms with Crippen LogP contribution in [-0.2, 0) is 10.0 Å². The van der Waals surface area contributed by atoms with Crippen molar-refractivity contribution >= 4 is 32.0 Å². The number of para-hydroxylation sites is 1. The van der Waals surface area contributed by atoms with Crippen molar-refractivity contribution in [3.05, 3.63) is 69.1 Å². The number of fused-ring (bicyclic) bond motifs is 2. The molecule has 1 unspecified atom stereocenters. The van der Waals surface area contributed by atoms with E-state index in [0.717, 1.165) is 29.4 Å². The van der Waals surface area contributed by atoms with Crippen LogP contribution >= 0.6 is 0 Å². The Morgan fingerprint density at radius 1 is 1.03 bits per heavy atom. The zero-order valence-corrected chi connectivity index (χ0v) is 16.7. The van der Waals surface area contributed by atoms with Crippen molar-refractivity contribution in [3.63, 3.8) is 0 Å². The van der Waals surface area contributed by atoms with Crippen LogP contribution in [0.2, 0.25) is 0 Å². The third kappa shape index (κ3) is 3.04. The normalized spacial score (nSPS) is 18.2. The number of aromatic amines is 3. The van der Waals surface area contributed by atoms with E-state index in [1.54, 1.807) is 0 Å². The van der Waals surface area contributed by atoms with Crippen molar-refractivity contribution in [2.75, 3.05) is 6.54 Å². The number of nitrogens with zero attached hydrogens (tertiary/aromatic N) is 2. The van der Waals surface area contributed by atoms with Crippen LogP contribution in [0.15, 0.2) is 57.1 Å². The average molecular weight is 425 g/mol. The largest absolute Gasteiger partial charge is 0.357 e. The van der Waals surface area contributed by atoms with Crippen LogP contribution in [0.1, 0.15) is 31.0 Å². The van der Waals surface area contributed by atoms with Gasteiger partial charge in [-0.3, -0.25) is 14.8 Å². The molecular weight excluding hydrogens is 406 g/mol. The summed E-state index contributed by atoms with van der Waals surface area (Å²) in [4.78, 5) is 35.3. The van der Waals surface area contributed by atoms with E-state index in [1.807, 2.05) is 30.3 Å². The zero-order valence-electron chi connectivity index (χ0n) is 15.9. The molecule has 0 saturated carbocycles.